The second kappa shape index (κ2) is 4.50. The molecule has 96 valence electrons. The van der Waals surface area contributed by atoms with Gasteiger partial charge in [-0.2, -0.15) is 0 Å². The number of rotatable bonds is 2. The number of nitrogens with zero attached hydrogens (tertiary/aromatic N) is 2. The number of hydrogen-bond acceptors (Lipinski definition) is 3. The third-order valence-corrected chi connectivity index (χ3v) is 4.91. The Morgan fingerprint density at radius 2 is 2.39 bits per heavy atom. The van der Waals surface area contributed by atoms with E-state index in [1.807, 2.05) is 0 Å². The monoisotopic (exact) mass is 262 g/mol. The van der Waals surface area contributed by atoms with Crippen LogP contribution in [-0.4, -0.2) is 9.55 Å². The van der Waals surface area contributed by atoms with Crippen molar-refractivity contribution >= 4 is 21.6 Å². The zero-order chi connectivity index (χ0) is 12.7. The smallest absolute Gasteiger partial charge is 0.262 e. The van der Waals surface area contributed by atoms with Crippen molar-refractivity contribution in [1.29, 1.82) is 0 Å². The molecule has 0 radical (unpaired) electrons. The van der Waals surface area contributed by atoms with Crippen LogP contribution in [0.1, 0.15) is 37.1 Å². The van der Waals surface area contributed by atoms with Crippen molar-refractivity contribution in [2.45, 2.75) is 46.1 Å². The summed E-state index contributed by atoms with van der Waals surface area (Å²) in [5.41, 5.74) is 1.45. The van der Waals surface area contributed by atoms with Gasteiger partial charge in [-0.15, -0.1) is 11.3 Å². The first-order valence-corrected chi connectivity index (χ1v) is 7.52. The predicted molar refractivity (Wildman–Crippen MR) is 75.4 cm³/mol. The highest BCUT2D eigenvalue weighted by atomic mass is 32.1. The maximum atomic E-state index is 12.5. The van der Waals surface area contributed by atoms with Gasteiger partial charge in [0.2, 0.25) is 0 Å². The van der Waals surface area contributed by atoms with Gasteiger partial charge < -0.3 is 0 Å². The minimum Gasteiger partial charge on any atom is -0.299 e. The molecule has 1 aliphatic rings. The molecule has 0 saturated heterocycles. The molecule has 3 nitrogen and oxygen atoms in total. The summed E-state index contributed by atoms with van der Waals surface area (Å²) in [7, 11) is 0. The van der Waals surface area contributed by atoms with Crippen LogP contribution in [0.25, 0.3) is 10.2 Å². The molecule has 3 rings (SSSR count). The van der Waals surface area contributed by atoms with E-state index >= 15 is 0 Å². The number of thiophene rings is 1. The average Bonchev–Trinajstić information content (AvgIpc) is 2.71. The molecule has 2 aromatic heterocycles. The van der Waals surface area contributed by atoms with E-state index in [1.54, 1.807) is 22.2 Å². The van der Waals surface area contributed by atoms with Crippen molar-refractivity contribution in [3.8, 4) is 0 Å². The maximum absolute atomic E-state index is 12.5. The number of aryl methyl sites for hydroxylation is 2. The predicted octanol–water partition coefficient (Wildman–Crippen LogP) is 2.99. The van der Waals surface area contributed by atoms with Gasteiger partial charge in [0.1, 0.15) is 4.83 Å². The van der Waals surface area contributed by atoms with Crippen molar-refractivity contribution in [3.05, 3.63) is 27.1 Å². The van der Waals surface area contributed by atoms with Crippen molar-refractivity contribution in [1.82, 2.24) is 9.55 Å². The van der Waals surface area contributed by atoms with Crippen molar-refractivity contribution in [3.63, 3.8) is 0 Å². The summed E-state index contributed by atoms with van der Waals surface area (Å²) >= 11 is 1.72. The van der Waals surface area contributed by atoms with Gasteiger partial charge in [0, 0.05) is 11.4 Å². The fraction of sp³-hybridized carbons (Fsp3) is 0.571. The van der Waals surface area contributed by atoms with Gasteiger partial charge >= 0.3 is 0 Å². The van der Waals surface area contributed by atoms with Crippen LogP contribution in [0, 0.1) is 5.92 Å². The van der Waals surface area contributed by atoms with Crippen LogP contribution in [0.15, 0.2) is 11.1 Å². The number of aromatic nitrogens is 2. The molecule has 0 amide bonds. The van der Waals surface area contributed by atoms with Crippen LogP contribution in [0.3, 0.4) is 0 Å². The second-order valence-corrected chi connectivity index (χ2v) is 6.36. The third-order valence-electron chi connectivity index (χ3n) is 3.75. The first kappa shape index (κ1) is 11.9. The Bertz CT molecular complexity index is 641. The maximum Gasteiger partial charge on any atom is 0.262 e. The van der Waals surface area contributed by atoms with E-state index in [4.69, 9.17) is 0 Å². The lowest BCUT2D eigenvalue weighted by atomic mass is 9.89. The van der Waals surface area contributed by atoms with Crippen molar-refractivity contribution < 1.29 is 0 Å². The minimum atomic E-state index is 0.161. The van der Waals surface area contributed by atoms with Crippen LogP contribution in [0.5, 0.6) is 0 Å². The molecule has 0 bridgehead atoms. The van der Waals surface area contributed by atoms with Gasteiger partial charge in [-0.1, -0.05) is 13.8 Å². The van der Waals surface area contributed by atoms with E-state index in [0.29, 0.717) is 0 Å². The first-order chi connectivity index (χ1) is 8.70. The standard InChI is InChI=1S/C14H18N2OS/c1-3-6-16-8-15-13-12(14(16)17)10-5-4-9(2)7-11(10)18-13/h8-9H,3-7H2,1-2H3/t9-/m0/s1. The Labute approximate surface area is 110 Å². The summed E-state index contributed by atoms with van der Waals surface area (Å²) in [6, 6.07) is 0. The van der Waals surface area contributed by atoms with Crippen LogP contribution >= 0.6 is 11.3 Å². The Morgan fingerprint density at radius 1 is 1.56 bits per heavy atom. The van der Waals surface area contributed by atoms with E-state index in [0.717, 1.165) is 41.9 Å². The van der Waals surface area contributed by atoms with Crippen molar-refractivity contribution in [2.75, 3.05) is 0 Å². The molecule has 0 spiro atoms. The largest absolute Gasteiger partial charge is 0.299 e. The van der Waals surface area contributed by atoms with Crippen LogP contribution < -0.4 is 5.56 Å². The first-order valence-electron chi connectivity index (χ1n) is 6.70. The Morgan fingerprint density at radius 3 is 3.17 bits per heavy atom. The summed E-state index contributed by atoms with van der Waals surface area (Å²) in [6.07, 6.45) is 6.03. The SMILES string of the molecule is CCCn1cnc2sc3c(c2c1=O)CC[C@H](C)C3. The molecule has 0 aromatic carbocycles. The minimum absolute atomic E-state index is 0.161. The summed E-state index contributed by atoms with van der Waals surface area (Å²) in [4.78, 5) is 19.3. The molecule has 0 saturated carbocycles. The quantitative estimate of drug-likeness (QED) is 0.834. The summed E-state index contributed by atoms with van der Waals surface area (Å²) in [6.45, 7) is 5.14. The average molecular weight is 262 g/mol. The highest BCUT2D eigenvalue weighted by Crippen LogP contribution is 2.35. The third kappa shape index (κ3) is 1.79. The van der Waals surface area contributed by atoms with Gasteiger partial charge in [-0.25, -0.2) is 4.98 Å². The van der Waals surface area contributed by atoms with E-state index in [9.17, 15) is 4.79 Å². The Kier molecular flexibility index (Phi) is 2.98. The molecule has 0 fully saturated rings. The topological polar surface area (TPSA) is 34.9 Å². The van der Waals surface area contributed by atoms with Gasteiger partial charge in [0.05, 0.1) is 11.7 Å². The van der Waals surface area contributed by atoms with E-state index in [2.05, 4.69) is 18.8 Å². The van der Waals surface area contributed by atoms with Gasteiger partial charge in [-0.3, -0.25) is 9.36 Å². The highest BCUT2D eigenvalue weighted by molar-refractivity contribution is 7.18. The van der Waals surface area contributed by atoms with Gasteiger partial charge in [0.15, 0.2) is 0 Å². The lowest BCUT2D eigenvalue weighted by Crippen LogP contribution is -2.21. The molecule has 1 aliphatic carbocycles. The number of fused-ring (bicyclic) bond motifs is 3. The van der Waals surface area contributed by atoms with E-state index in [1.165, 1.54) is 16.9 Å². The molecule has 0 N–H and O–H groups in total. The lowest BCUT2D eigenvalue weighted by molar-refractivity contribution is 0.509. The molecule has 1 atom stereocenters. The summed E-state index contributed by atoms with van der Waals surface area (Å²) in [5.74, 6) is 0.739. The fourth-order valence-electron chi connectivity index (χ4n) is 2.77. The van der Waals surface area contributed by atoms with E-state index < -0.39 is 0 Å². The zero-order valence-electron chi connectivity index (χ0n) is 10.9. The van der Waals surface area contributed by atoms with Gasteiger partial charge in [0.25, 0.3) is 5.56 Å². The lowest BCUT2D eigenvalue weighted by Gasteiger charge is -2.17. The summed E-state index contributed by atoms with van der Waals surface area (Å²) < 4.78 is 1.76. The van der Waals surface area contributed by atoms with Crippen LogP contribution in [0.4, 0.5) is 0 Å². The summed E-state index contributed by atoms with van der Waals surface area (Å²) in [5, 5.41) is 0.901. The van der Waals surface area contributed by atoms with E-state index in [-0.39, 0.29) is 5.56 Å². The molecular formula is C14H18N2OS. The number of hydrogen-bond donors (Lipinski definition) is 0. The molecule has 2 aromatic rings. The molecule has 0 unspecified atom stereocenters. The van der Waals surface area contributed by atoms with Crippen molar-refractivity contribution in [2.24, 2.45) is 5.92 Å². The van der Waals surface area contributed by atoms with Gasteiger partial charge in [-0.05, 0) is 37.2 Å². The van der Waals surface area contributed by atoms with Crippen LogP contribution in [0.2, 0.25) is 0 Å². The zero-order valence-corrected chi connectivity index (χ0v) is 11.7. The van der Waals surface area contributed by atoms with Crippen LogP contribution in [-0.2, 0) is 19.4 Å². The molecular weight excluding hydrogens is 244 g/mol. The second-order valence-electron chi connectivity index (χ2n) is 5.28. The molecule has 4 heteroatoms. The Hall–Kier alpha value is -1.16. The molecule has 2 heterocycles. The normalized spacial score (nSPS) is 19.1. The molecule has 18 heavy (non-hydrogen) atoms. The fourth-order valence-corrected chi connectivity index (χ4v) is 4.11. The highest BCUT2D eigenvalue weighted by Gasteiger charge is 2.22. The molecule has 0 aliphatic heterocycles. The Balaban J connectivity index is 2.22.